The second kappa shape index (κ2) is 6.33. The van der Waals surface area contributed by atoms with E-state index in [-0.39, 0.29) is 0 Å². The molecule has 0 fully saturated rings. The van der Waals surface area contributed by atoms with Crippen molar-refractivity contribution < 1.29 is 17.9 Å². The fourth-order valence-corrected chi connectivity index (χ4v) is 6.09. The van der Waals surface area contributed by atoms with Gasteiger partial charge in [0.2, 0.25) is 0 Å². The Morgan fingerprint density at radius 1 is 1.00 bits per heavy atom. The van der Waals surface area contributed by atoms with Crippen LogP contribution in [0.5, 0.6) is 11.5 Å². The topological polar surface area (TPSA) is 86.5 Å². The monoisotopic (exact) mass is 367 g/mol. The van der Waals surface area contributed by atoms with Gasteiger partial charge in [0, 0.05) is 0 Å². The second-order valence-corrected chi connectivity index (χ2v) is 13.3. The molecule has 0 aromatic heterocycles. The van der Waals surface area contributed by atoms with Gasteiger partial charge in [0.25, 0.3) is 0 Å². The maximum absolute atomic E-state index is 11.3. The van der Waals surface area contributed by atoms with Crippen LogP contribution in [0, 0.1) is 0 Å². The zero-order chi connectivity index (χ0) is 15.5. The van der Waals surface area contributed by atoms with Gasteiger partial charge in [-0.1, -0.05) is 0 Å². The number of amides is 1. The van der Waals surface area contributed by atoms with E-state index in [2.05, 4.69) is 0 Å². The van der Waals surface area contributed by atoms with Crippen molar-refractivity contribution in [3.63, 3.8) is 0 Å². The fourth-order valence-electron chi connectivity index (χ4n) is 1.63. The van der Waals surface area contributed by atoms with Crippen molar-refractivity contribution in [2.45, 2.75) is 0 Å². The average Bonchev–Trinajstić information content (AvgIpc) is 2.40. The number of benzene rings is 2. The van der Waals surface area contributed by atoms with Gasteiger partial charge in [-0.3, -0.25) is 0 Å². The average molecular weight is 367 g/mol. The molecule has 0 radical (unpaired) electrons. The Kier molecular flexibility index (Phi) is 4.70. The summed E-state index contributed by atoms with van der Waals surface area (Å²) < 4.78 is 28.9. The van der Waals surface area contributed by atoms with Gasteiger partial charge in [0.1, 0.15) is 0 Å². The summed E-state index contributed by atoms with van der Waals surface area (Å²) in [6.45, 7) is 0. The third kappa shape index (κ3) is 4.92. The van der Waals surface area contributed by atoms with Crippen LogP contribution in [0.15, 0.2) is 48.5 Å². The van der Waals surface area contributed by atoms with Gasteiger partial charge in [-0.05, 0) is 0 Å². The first-order valence-electron chi connectivity index (χ1n) is 5.99. The first-order chi connectivity index (χ1) is 9.83. The van der Waals surface area contributed by atoms with Crippen LogP contribution in [-0.2, 0) is 8.10 Å². The third-order valence-corrected chi connectivity index (χ3v) is 7.66. The molecule has 2 aromatic rings. The van der Waals surface area contributed by atoms with Gasteiger partial charge in [-0.15, -0.1) is 0 Å². The zero-order valence-corrected chi connectivity index (χ0v) is 14.2. The molecule has 0 aliphatic rings. The van der Waals surface area contributed by atoms with E-state index in [1.807, 2.05) is 0 Å². The first-order valence-corrected chi connectivity index (χ1v) is 11.5. The Hall–Kier alpha value is -1.78. The number of carbonyl (C=O) groups is 1. The van der Waals surface area contributed by atoms with Crippen LogP contribution >= 0.6 is 0 Å². The van der Waals surface area contributed by atoms with E-state index in [0.29, 0.717) is 17.1 Å². The van der Waals surface area contributed by atoms with E-state index < -0.39 is 28.6 Å². The van der Waals surface area contributed by atoms with Crippen LogP contribution in [0.3, 0.4) is 0 Å². The molecule has 21 heavy (non-hydrogen) atoms. The third-order valence-electron chi connectivity index (χ3n) is 2.53. The summed E-state index contributed by atoms with van der Waals surface area (Å²) in [6, 6.07) is 13.4. The molecule has 5 nitrogen and oxygen atoms in total. The van der Waals surface area contributed by atoms with Crippen molar-refractivity contribution in [1.82, 2.24) is 0 Å². The molecule has 7 heteroatoms. The van der Waals surface area contributed by atoms with Crippen LogP contribution in [0.4, 0.5) is 0 Å². The van der Waals surface area contributed by atoms with Gasteiger partial charge in [-0.25, -0.2) is 0 Å². The Bertz CT molecular complexity index is 740. The van der Waals surface area contributed by atoms with Crippen molar-refractivity contribution >= 4 is 33.0 Å². The number of primary amides is 1. The second-order valence-electron chi connectivity index (χ2n) is 4.39. The van der Waals surface area contributed by atoms with Crippen molar-refractivity contribution in [2.24, 2.45) is 5.73 Å². The summed E-state index contributed by atoms with van der Waals surface area (Å²) in [7, 11) is -2.92. The van der Waals surface area contributed by atoms with Gasteiger partial charge >= 0.3 is 128 Å². The summed E-state index contributed by atoms with van der Waals surface area (Å²) in [4.78, 5) is 11.0. The molecule has 0 saturated heterocycles. The van der Waals surface area contributed by atoms with E-state index in [4.69, 9.17) is 10.5 Å². The quantitative estimate of drug-likeness (QED) is 0.785. The molecule has 1 unspecified atom stereocenters. The molecule has 2 N–H and O–H groups in total. The summed E-state index contributed by atoms with van der Waals surface area (Å²) in [6.07, 6.45) is 1.25. The number of carbonyl (C=O) groups excluding carboxylic acids is 1. The van der Waals surface area contributed by atoms with Crippen molar-refractivity contribution in [2.75, 3.05) is 6.26 Å². The number of hydrogen-bond donors (Lipinski definition) is 1. The minimum atomic E-state index is -2.92. The van der Waals surface area contributed by atoms with E-state index in [9.17, 15) is 13.2 Å². The number of nitrogens with two attached hydrogens (primary N) is 1. The molecular weight excluding hydrogens is 353 g/mol. The van der Waals surface area contributed by atoms with Crippen LogP contribution in [0.25, 0.3) is 0 Å². The molecule has 0 aliphatic heterocycles. The Balaban J connectivity index is 2.08. The van der Waals surface area contributed by atoms with E-state index in [1.54, 1.807) is 48.5 Å². The number of ether oxygens (including phenoxy) is 1. The molecule has 0 aliphatic carbocycles. The summed E-state index contributed by atoms with van der Waals surface area (Å²) in [5.41, 5.74) is 5.57. The first kappa shape index (κ1) is 15.6. The van der Waals surface area contributed by atoms with Crippen molar-refractivity contribution in [3.8, 4) is 11.5 Å². The Labute approximate surface area is 128 Å². The maximum atomic E-state index is 11.3. The summed E-state index contributed by atoms with van der Waals surface area (Å²) in [5, 5.41) is 0. The van der Waals surface area contributed by atoms with Gasteiger partial charge in [0.15, 0.2) is 0 Å². The summed E-state index contributed by atoms with van der Waals surface area (Å²) >= 11 is -1.18. The molecule has 0 heterocycles. The van der Waals surface area contributed by atoms with E-state index in [0.717, 1.165) is 4.35 Å². The predicted octanol–water partition coefficient (Wildman–Crippen LogP) is 0.599. The molecule has 0 saturated carbocycles. The molecule has 2 rings (SSSR count). The molecule has 0 bridgehead atoms. The molecule has 1 atom stereocenters. The van der Waals surface area contributed by atoms with E-state index in [1.165, 1.54) is 6.26 Å². The molecule has 1 amide bonds. The molecule has 0 spiro atoms. The minimum absolute atomic E-state index is 0.413. The van der Waals surface area contributed by atoms with Crippen LogP contribution in [-0.4, -0.2) is 35.2 Å². The Morgan fingerprint density at radius 3 is 1.90 bits per heavy atom. The van der Waals surface area contributed by atoms with Gasteiger partial charge in [0.05, 0.1) is 0 Å². The van der Waals surface area contributed by atoms with Crippen LogP contribution in [0.2, 0.25) is 0 Å². The van der Waals surface area contributed by atoms with Crippen molar-refractivity contribution in [3.05, 3.63) is 54.1 Å². The molecular formula is C14H14AsNO4S. The van der Waals surface area contributed by atoms with Gasteiger partial charge in [-0.2, -0.15) is 0 Å². The molecule has 110 valence electrons. The predicted molar refractivity (Wildman–Crippen MR) is 83.1 cm³/mol. The normalized spacial score (nSPS) is 11.7. The van der Waals surface area contributed by atoms with Gasteiger partial charge < -0.3 is 0 Å². The fraction of sp³-hybridized carbons (Fsp3) is 0.0714. The van der Waals surface area contributed by atoms with Crippen LogP contribution < -0.4 is 14.8 Å². The number of rotatable bonds is 5. The van der Waals surface area contributed by atoms with Crippen molar-refractivity contribution in [1.29, 1.82) is 0 Å². The SMILES string of the molecule is CS(=O)(=O)[AsH]c1ccc(Oc2ccc(C(N)=O)cc2)cc1. The standard InChI is InChI=1S/C14H14AsNO4S/c1-21(18,19)15-11-4-8-13(9-5-11)20-12-6-2-10(3-7-12)14(16)17/h2-9,15H,1H3,(H2,16,17). The van der Waals surface area contributed by atoms with Crippen LogP contribution in [0.1, 0.15) is 10.4 Å². The molecule has 2 aromatic carbocycles. The van der Waals surface area contributed by atoms with E-state index >= 15 is 0 Å². The Morgan fingerprint density at radius 2 is 1.48 bits per heavy atom. The summed E-state index contributed by atoms with van der Waals surface area (Å²) in [5.74, 6) is 0.689. The zero-order valence-electron chi connectivity index (χ0n) is 11.2. The number of hydrogen-bond acceptors (Lipinski definition) is 4.